The highest BCUT2D eigenvalue weighted by Crippen LogP contribution is 2.34. The van der Waals surface area contributed by atoms with Crippen LogP contribution in [0.2, 0.25) is 0 Å². The van der Waals surface area contributed by atoms with E-state index >= 15 is 0 Å². The second kappa shape index (κ2) is 6.82. The first-order chi connectivity index (χ1) is 12.3. The number of hydrogen-bond donors (Lipinski definition) is 2. The van der Waals surface area contributed by atoms with Crippen LogP contribution in [0.15, 0.2) is 49.1 Å². The average Bonchev–Trinajstić information content (AvgIpc) is 3.00. The van der Waals surface area contributed by atoms with E-state index in [-0.39, 0.29) is 11.5 Å². The number of nitrogens with one attached hydrogen (secondary N) is 2. The first-order valence-electron chi connectivity index (χ1n) is 7.41. The van der Waals surface area contributed by atoms with Crippen molar-refractivity contribution in [2.45, 2.75) is 13.1 Å². The number of carbonyl (C=O) groups excluding carboxylic acids is 1. The molecule has 0 aliphatic carbocycles. The largest absolute Gasteiger partial charge is 0.418 e. The smallest absolute Gasteiger partial charge is 0.307 e. The van der Waals surface area contributed by atoms with Crippen molar-refractivity contribution in [2.24, 2.45) is 0 Å². The Labute approximate surface area is 145 Å². The molecule has 2 N–H and O–H groups in total. The van der Waals surface area contributed by atoms with Gasteiger partial charge in [-0.05, 0) is 19.1 Å². The van der Waals surface area contributed by atoms with Crippen molar-refractivity contribution in [1.82, 2.24) is 19.5 Å². The van der Waals surface area contributed by atoms with E-state index in [0.717, 1.165) is 6.07 Å². The third-order valence-corrected chi connectivity index (χ3v) is 3.45. The summed E-state index contributed by atoms with van der Waals surface area (Å²) in [5, 5.41) is 4.57. The molecular weight excluding hydrogens is 349 g/mol. The standard InChI is InChI=1S/C16H13F3N6O/c1-10-20-6-7-25(10)14-8-13(21-9-22-14)24-15(26)23-12-5-3-2-4-11(12)16(17,18)19/h2-9H,1H3,(H2,21,22,23,24,26). The fraction of sp³-hybridized carbons (Fsp3) is 0.125. The molecule has 0 bridgehead atoms. The van der Waals surface area contributed by atoms with E-state index in [2.05, 4.69) is 25.6 Å². The van der Waals surface area contributed by atoms with Crippen molar-refractivity contribution < 1.29 is 18.0 Å². The van der Waals surface area contributed by atoms with Gasteiger partial charge in [-0.25, -0.2) is 19.7 Å². The van der Waals surface area contributed by atoms with Crippen molar-refractivity contribution in [1.29, 1.82) is 0 Å². The van der Waals surface area contributed by atoms with Crippen LogP contribution in [0.1, 0.15) is 11.4 Å². The Balaban J connectivity index is 1.77. The number of halogens is 3. The van der Waals surface area contributed by atoms with Gasteiger partial charge in [0.25, 0.3) is 0 Å². The first-order valence-corrected chi connectivity index (χ1v) is 7.41. The Morgan fingerprint density at radius 2 is 1.88 bits per heavy atom. The zero-order chi connectivity index (χ0) is 18.7. The molecule has 0 spiro atoms. The molecule has 2 aromatic heterocycles. The summed E-state index contributed by atoms with van der Waals surface area (Å²) < 4.78 is 40.6. The van der Waals surface area contributed by atoms with Crippen molar-refractivity contribution in [3.05, 3.63) is 60.4 Å². The van der Waals surface area contributed by atoms with Gasteiger partial charge in [0.2, 0.25) is 0 Å². The lowest BCUT2D eigenvalue weighted by Gasteiger charge is -2.14. The van der Waals surface area contributed by atoms with Gasteiger partial charge < -0.3 is 5.32 Å². The maximum Gasteiger partial charge on any atom is 0.418 e. The number of anilines is 2. The van der Waals surface area contributed by atoms with Crippen LogP contribution in [-0.2, 0) is 6.18 Å². The third-order valence-electron chi connectivity index (χ3n) is 3.45. The molecule has 0 saturated heterocycles. The van der Waals surface area contributed by atoms with Crippen LogP contribution in [0.3, 0.4) is 0 Å². The summed E-state index contributed by atoms with van der Waals surface area (Å²) in [5.74, 6) is 1.27. The molecule has 2 amide bonds. The van der Waals surface area contributed by atoms with Crippen LogP contribution in [0.5, 0.6) is 0 Å². The number of imidazole rings is 1. The van der Waals surface area contributed by atoms with Crippen LogP contribution < -0.4 is 10.6 Å². The minimum Gasteiger partial charge on any atom is -0.307 e. The number of rotatable bonds is 3. The number of aryl methyl sites for hydroxylation is 1. The summed E-state index contributed by atoms with van der Waals surface area (Å²) in [7, 11) is 0. The Hall–Kier alpha value is -3.43. The fourth-order valence-corrected chi connectivity index (χ4v) is 2.28. The number of amides is 2. The van der Waals surface area contributed by atoms with Gasteiger partial charge in [-0.2, -0.15) is 13.2 Å². The van der Waals surface area contributed by atoms with E-state index in [0.29, 0.717) is 11.6 Å². The van der Waals surface area contributed by atoms with Gasteiger partial charge >= 0.3 is 12.2 Å². The van der Waals surface area contributed by atoms with Gasteiger partial charge in [-0.1, -0.05) is 12.1 Å². The van der Waals surface area contributed by atoms with Crippen molar-refractivity contribution in [3.8, 4) is 5.82 Å². The number of alkyl halides is 3. The van der Waals surface area contributed by atoms with Crippen LogP contribution in [0.25, 0.3) is 5.82 Å². The van der Waals surface area contributed by atoms with Crippen molar-refractivity contribution in [2.75, 3.05) is 10.6 Å². The Bertz CT molecular complexity index is 937. The maximum absolute atomic E-state index is 13.0. The van der Waals surface area contributed by atoms with Crippen LogP contribution in [0.4, 0.5) is 29.5 Å². The molecule has 26 heavy (non-hydrogen) atoms. The molecule has 0 radical (unpaired) electrons. The van der Waals surface area contributed by atoms with Crippen LogP contribution in [0, 0.1) is 6.92 Å². The summed E-state index contributed by atoms with van der Waals surface area (Å²) in [4.78, 5) is 24.1. The van der Waals surface area contributed by atoms with E-state index in [1.54, 1.807) is 23.9 Å². The zero-order valence-corrected chi connectivity index (χ0v) is 13.4. The SMILES string of the molecule is Cc1nccn1-c1cc(NC(=O)Nc2ccccc2C(F)(F)F)ncn1. The average molecular weight is 362 g/mol. The van der Waals surface area contributed by atoms with Gasteiger partial charge in [-0.3, -0.25) is 9.88 Å². The molecule has 134 valence electrons. The van der Waals surface area contributed by atoms with E-state index in [1.165, 1.54) is 30.6 Å². The minimum absolute atomic E-state index is 0.130. The number of hydrogen-bond acceptors (Lipinski definition) is 4. The highest BCUT2D eigenvalue weighted by Gasteiger charge is 2.33. The predicted molar refractivity (Wildman–Crippen MR) is 88.0 cm³/mol. The molecule has 2 heterocycles. The number of para-hydroxylation sites is 1. The molecule has 0 atom stereocenters. The molecular formula is C16H13F3N6O. The van der Waals surface area contributed by atoms with E-state index in [4.69, 9.17) is 0 Å². The lowest BCUT2D eigenvalue weighted by atomic mass is 10.1. The second-order valence-corrected chi connectivity index (χ2v) is 5.23. The second-order valence-electron chi connectivity index (χ2n) is 5.23. The molecule has 0 aliphatic rings. The summed E-state index contributed by atoms with van der Waals surface area (Å²) in [6, 6.07) is 5.33. The molecule has 3 aromatic rings. The Morgan fingerprint density at radius 1 is 1.12 bits per heavy atom. The van der Waals surface area contributed by atoms with Gasteiger partial charge in [0, 0.05) is 18.5 Å². The molecule has 1 aromatic carbocycles. The topological polar surface area (TPSA) is 84.7 Å². The normalized spacial score (nSPS) is 11.2. The monoisotopic (exact) mass is 362 g/mol. The van der Waals surface area contributed by atoms with Crippen LogP contribution >= 0.6 is 0 Å². The summed E-state index contributed by atoms with van der Waals surface area (Å²) in [6.45, 7) is 1.77. The molecule has 3 rings (SSSR count). The number of aromatic nitrogens is 4. The lowest BCUT2D eigenvalue weighted by molar-refractivity contribution is -0.136. The molecule has 0 unspecified atom stereocenters. The Kier molecular flexibility index (Phi) is 4.57. The predicted octanol–water partition coefficient (Wildman–Crippen LogP) is 3.63. The number of carbonyl (C=O) groups is 1. The highest BCUT2D eigenvalue weighted by molar-refractivity contribution is 5.99. The molecule has 0 aliphatic heterocycles. The number of urea groups is 1. The van der Waals surface area contributed by atoms with E-state index in [9.17, 15) is 18.0 Å². The lowest BCUT2D eigenvalue weighted by Crippen LogP contribution is -2.22. The van der Waals surface area contributed by atoms with Gasteiger partial charge in [0.05, 0.1) is 11.3 Å². The van der Waals surface area contributed by atoms with E-state index in [1.807, 2.05) is 0 Å². The zero-order valence-electron chi connectivity index (χ0n) is 13.4. The quantitative estimate of drug-likeness (QED) is 0.745. The van der Waals surface area contributed by atoms with Gasteiger partial charge in [-0.15, -0.1) is 0 Å². The molecule has 10 heteroatoms. The van der Waals surface area contributed by atoms with Crippen LogP contribution in [-0.4, -0.2) is 25.6 Å². The summed E-state index contributed by atoms with van der Waals surface area (Å²) >= 11 is 0. The van der Waals surface area contributed by atoms with E-state index < -0.39 is 17.8 Å². The highest BCUT2D eigenvalue weighted by atomic mass is 19.4. The molecule has 0 saturated carbocycles. The van der Waals surface area contributed by atoms with Crippen molar-refractivity contribution in [3.63, 3.8) is 0 Å². The fourth-order valence-electron chi connectivity index (χ4n) is 2.28. The Morgan fingerprint density at radius 3 is 2.58 bits per heavy atom. The van der Waals surface area contributed by atoms with Gasteiger partial charge in [0.1, 0.15) is 23.8 Å². The number of benzene rings is 1. The minimum atomic E-state index is -4.58. The molecule has 0 fully saturated rings. The first kappa shape index (κ1) is 17.4. The maximum atomic E-state index is 13.0. The number of nitrogens with zero attached hydrogens (tertiary/aromatic N) is 4. The molecule has 7 nitrogen and oxygen atoms in total. The summed E-state index contributed by atoms with van der Waals surface area (Å²) in [5.41, 5.74) is -1.29. The van der Waals surface area contributed by atoms with Crippen molar-refractivity contribution >= 4 is 17.5 Å². The van der Waals surface area contributed by atoms with Gasteiger partial charge in [0.15, 0.2) is 0 Å². The summed E-state index contributed by atoms with van der Waals surface area (Å²) in [6.07, 6.45) is -0.0780. The third kappa shape index (κ3) is 3.79.